The number of carbonyl (C=O) groups is 2. The Bertz CT molecular complexity index is 665. The van der Waals surface area contributed by atoms with Crippen molar-refractivity contribution in [2.24, 2.45) is 0 Å². The van der Waals surface area contributed by atoms with E-state index in [4.69, 9.17) is 4.74 Å². The molecule has 1 heterocycles. The first-order valence-electron chi connectivity index (χ1n) is 8.75. The summed E-state index contributed by atoms with van der Waals surface area (Å²) in [5.74, 6) is -0.0439. The molecule has 1 saturated heterocycles. The molecule has 1 fully saturated rings. The molecule has 1 unspecified atom stereocenters. The molecule has 0 spiro atoms. The van der Waals surface area contributed by atoms with Gasteiger partial charge in [-0.05, 0) is 83.2 Å². The van der Waals surface area contributed by atoms with E-state index in [1.807, 2.05) is 27.7 Å². The monoisotopic (exact) mass is 331 g/mol. The van der Waals surface area contributed by atoms with Gasteiger partial charge in [-0.15, -0.1) is 0 Å². The van der Waals surface area contributed by atoms with Crippen molar-refractivity contribution in [1.82, 2.24) is 4.90 Å². The highest BCUT2D eigenvalue weighted by Crippen LogP contribution is 2.34. The molecule has 4 nitrogen and oxygen atoms in total. The summed E-state index contributed by atoms with van der Waals surface area (Å²) in [4.78, 5) is 26.7. The fraction of sp³-hybridized carbons (Fsp3) is 0.600. The Morgan fingerprint density at radius 3 is 2.50 bits per heavy atom. The first-order valence-corrected chi connectivity index (χ1v) is 8.75. The molecule has 1 aromatic carbocycles. The first-order chi connectivity index (χ1) is 11.2. The summed E-state index contributed by atoms with van der Waals surface area (Å²) in [6.07, 6.45) is 1.80. The summed E-state index contributed by atoms with van der Waals surface area (Å²) in [5, 5.41) is 0. The predicted molar refractivity (Wildman–Crippen MR) is 95.3 cm³/mol. The number of Topliss-reactive ketones (excluding diaryl/α,β-unsaturated/α-hetero) is 1. The van der Waals surface area contributed by atoms with Gasteiger partial charge in [0, 0.05) is 12.1 Å². The highest BCUT2D eigenvalue weighted by molar-refractivity contribution is 5.97. The first kappa shape index (κ1) is 18.7. The summed E-state index contributed by atoms with van der Waals surface area (Å²) in [6, 6.07) is 2.08. The standard InChI is InChI=1S/C20H29NO3/c1-7-24-19(23)20(6)9-8-10-21(20)12-17-13(2)11-14(3)18(15(17)4)16(5)22/h11H,7-10,12H2,1-6H3. The van der Waals surface area contributed by atoms with E-state index < -0.39 is 5.54 Å². The maximum Gasteiger partial charge on any atom is 0.326 e. The zero-order valence-corrected chi connectivity index (χ0v) is 15.8. The van der Waals surface area contributed by atoms with Crippen LogP contribution < -0.4 is 0 Å². The molecule has 0 radical (unpaired) electrons. The quantitative estimate of drug-likeness (QED) is 0.609. The Labute approximate surface area is 145 Å². The lowest BCUT2D eigenvalue weighted by molar-refractivity contribution is -0.155. The number of ketones is 1. The molecule has 4 heteroatoms. The maximum atomic E-state index is 12.4. The number of ether oxygens (including phenoxy) is 1. The molecular weight excluding hydrogens is 302 g/mol. The average molecular weight is 331 g/mol. The van der Waals surface area contributed by atoms with Gasteiger partial charge in [-0.2, -0.15) is 0 Å². The molecule has 1 aliphatic heterocycles. The van der Waals surface area contributed by atoms with Crippen LogP contribution in [0.2, 0.25) is 0 Å². The molecule has 0 N–H and O–H groups in total. The van der Waals surface area contributed by atoms with Crippen LogP contribution in [0.4, 0.5) is 0 Å². The van der Waals surface area contributed by atoms with Gasteiger partial charge >= 0.3 is 5.97 Å². The van der Waals surface area contributed by atoms with Crippen LogP contribution in [-0.2, 0) is 16.1 Å². The SMILES string of the molecule is CCOC(=O)C1(C)CCCN1Cc1c(C)cc(C)c(C(C)=O)c1C. The number of aryl methyl sites for hydroxylation is 2. The molecule has 1 aromatic rings. The number of benzene rings is 1. The third kappa shape index (κ3) is 3.25. The third-order valence-corrected chi connectivity index (χ3v) is 5.34. The Hall–Kier alpha value is -1.68. The molecule has 1 atom stereocenters. The van der Waals surface area contributed by atoms with Gasteiger partial charge in [0.25, 0.3) is 0 Å². The zero-order chi connectivity index (χ0) is 18.1. The van der Waals surface area contributed by atoms with Crippen LogP contribution in [-0.4, -0.2) is 35.3 Å². The summed E-state index contributed by atoms with van der Waals surface area (Å²) in [5.41, 5.74) is 4.63. The van der Waals surface area contributed by atoms with E-state index in [-0.39, 0.29) is 11.8 Å². The van der Waals surface area contributed by atoms with Crippen molar-refractivity contribution in [1.29, 1.82) is 0 Å². The summed E-state index contributed by atoms with van der Waals surface area (Å²) >= 11 is 0. The van der Waals surface area contributed by atoms with Crippen LogP contribution in [0.15, 0.2) is 6.07 Å². The Balaban J connectivity index is 2.39. The number of rotatable bonds is 5. The average Bonchev–Trinajstić information content (AvgIpc) is 2.85. The number of carbonyl (C=O) groups excluding carboxylic acids is 2. The van der Waals surface area contributed by atoms with E-state index in [2.05, 4.69) is 17.9 Å². The van der Waals surface area contributed by atoms with Gasteiger partial charge in [0.1, 0.15) is 5.54 Å². The number of likely N-dealkylation sites (tertiary alicyclic amines) is 1. The highest BCUT2D eigenvalue weighted by Gasteiger charge is 2.44. The van der Waals surface area contributed by atoms with Crippen molar-refractivity contribution in [3.8, 4) is 0 Å². The van der Waals surface area contributed by atoms with E-state index in [1.54, 1.807) is 6.92 Å². The van der Waals surface area contributed by atoms with Gasteiger partial charge < -0.3 is 4.74 Å². The van der Waals surface area contributed by atoms with Gasteiger partial charge in [0.05, 0.1) is 6.61 Å². The Kier molecular flexibility index (Phi) is 5.49. The fourth-order valence-corrected chi connectivity index (χ4v) is 3.99. The minimum Gasteiger partial charge on any atom is -0.465 e. The Morgan fingerprint density at radius 1 is 1.25 bits per heavy atom. The number of hydrogen-bond acceptors (Lipinski definition) is 4. The molecule has 132 valence electrons. The molecule has 1 aliphatic rings. The van der Waals surface area contributed by atoms with Crippen LogP contribution in [0.3, 0.4) is 0 Å². The van der Waals surface area contributed by atoms with E-state index in [1.165, 1.54) is 5.56 Å². The second-order valence-corrected chi connectivity index (χ2v) is 7.06. The van der Waals surface area contributed by atoms with Crippen LogP contribution in [0.5, 0.6) is 0 Å². The van der Waals surface area contributed by atoms with E-state index in [9.17, 15) is 9.59 Å². The van der Waals surface area contributed by atoms with Crippen molar-refractivity contribution in [3.05, 3.63) is 33.9 Å². The summed E-state index contributed by atoms with van der Waals surface area (Å²) < 4.78 is 5.30. The molecule has 0 saturated carbocycles. The molecular formula is C20H29NO3. The van der Waals surface area contributed by atoms with E-state index in [0.717, 1.165) is 41.6 Å². The van der Waals surface area contributed by atoms with Crippen LogP contribution in [0, 0.1) is 20.8 Å². The van der Waals surface area contributed by atoms with E-state index in [0.29, 0.717) is 13.2 Å². The minimum absolute atomic E-state index is 0.0980. The van der Waals surface area contributed by atoms with Crippen molar-refractivity contribution in [2.75, 3.05) is 13.2 Å². The van der Waals surface area contributed by atoms with Gasteiger partial charge in [-0.25, -0.2) is 0 Å². The normalized spacial score (nSPS) is 21.1. The maximum absolute atomic E-state index is 12.4. The highest BCUT2D eigenvalue weighted by atomic mass is 16.5. The zero-order valence-electron chi connectivity index (χ0n) is 15.8. The second kappa shape index (κ2) is 7.06. The lowest BCUT2D eigenvalue weighted by Gasteiger charge is -2.34. The third-order valence-electron chi connectivity index (χ3n) is 5.34. The van der Waals surface area contributed by atoms with Crippen LogP contribution in [0.1, 0.15) is 66.2 Å². The minimum atomic E-state index is -0.573. The number of hydrogen-bond donors (Lipinski definition) is 0. The van der Waals surface area contributed by atoms with Crippen LogP contribution >= 0.6 is 0 Å². The predicted octanol–water partition coefficient (Wildman–Crippen LogP) is 3.73. The van der Waals surface area contributed by atoms with Crippen molar-refractivity contribution in [2.45, 2.75) is 66.5 Å². The van der Waals surface area contributed by atoms with Crippen molar-refractivity contribution < 1.29 is 14.3 Å². The summed E-state index contributed by atoms with van der Waals surface area (Å²) in [7, 11) is 0. The summed E-state index contributed by atoms with van der Waals surface area (Å²) in [6.45, 7) is 13.5. The lowest BCUT2D eigenvalue weighted by atomic mass is 9.90. The van der Waals surface area contributed by atoms with Gasteiger partial charge in [-0.1, -0.05) is 6.07 Å². The molecule has 0 aliphatic carbocycles. The molecule has 24 heavy (non-hydrogen) atoms. The fourth-order valence-electron chi connectivity index (χ4n) is 3.99. The smallest absolute Gasteiger partial charge is 0.326 e. The van der Waals surface area contributed by atoms with E-state index >= 15 is 0 Å². The Morgan fingerprint density at radius 2 is 1.92 bits per heavy atom. The number of nitrogens with zero attached hydrogens (tertiary/aromatic N) is 1. The number of esters is 1. The molecule has 0 amide bonds. The van der Waals surface area contributed by atoms with Crippen molar-refractivity contribution >= 4 is 11.8 Å². The lowest BCUT2D eigenvalue weighted by Crippen LogP contribution is -2.48. The molecule has 0 bridgehead atoms. The topological polar surface area (TPSA) is 46.6 Å². The molecule has 2 rings (SSSR count). The van der Waals surface area contributed by atoms with Gasteiger partial charge in [-0.3, -0.25) is 14.5 Å². The van der Waals surface area contributed by atoms with Crippen LogP contribution in [0.25, 0.3) is 0 Å². The molecule has 0 aromatic heterocycles. The second-order valence-electron chi connectivity index (χ2n) is 7.06. The van der Waals surface area contributed by atoms with Gasteiger partial charge in [0.15, 0.2) is 5.78 Å². The van der Waals surface area contributed by atoms with Crippen molar-refractivity contribution in [3.63, 3.8) is 0 Å². The largest absolute Gasteiger partial charge is 0.465 e. The van der Waals surface area contributed by atoms with Gasteiger partial charge in [0.2, 0.25) is 0 Å².